The fraction of sp³-hybridized carbons (Fsp3) is 0.357. The SMILES string of the molecule is COCCN(CCCl)C(=O)c1ccc2nccnc2c1. The Hall–Kier alpha value is -1.72. The number of nitrogens with zero attached hydrogens (tertiary/aromatic N) is 3. The molecule has 5 nitrogen and oxygen atoms in total. The summed E-state index contributed by atoms with van der Waals surface area (Å²) in [6.07, 6.45) is 3.24. The minimum atomic E-state index is -0.0738. The molecule has 0 N–H and O–H groups in total. The van der Waals surface area contributed by atoms with E-state index in [9.17, 15) is 4.79 Å². The van der Waals surface area contributed by atoms with E-state index >= 15 is 0 Å². The number of fused-ring (bicyclic) bond motifs is 1. The Balaban J connectivity index is 2.23. The van der Waals surface area contributed by atoms with Crippen LogP contribution in [0.2, 0.25) is 0 Å². The molecule has 1 amide bonds. The van der Waals surface area contributed by atoms with Crippen molar-refractivity contribution in [3.63, 3.8) is 0 Å². The molecule has 0 saturated carbocycles. The number of benzene rings is 1. The van der Waals surface area contributed by atoms with E-state index in [2.05, 4.69) is 9.97 Å². The van der Waals surface area contributed by atoms with Gasteiger partial charge in [0.2, 0.25) is 0 Å². The zero-order valence-corrected chi connectivity index (χ0v) is 12.0. The van der Waals surface area contributed by atoms with Crippen molar-refractivity contribution < 1.29 is 9.53 Å². The number of amides is 1. The Bertz CT molecular complexity index is 591. The number of methoxy groups -OCH3 is 1. The fourth-order valence-corrected chi connectivity index (χ4v) is 2.10. The van der Waals surface area contributed by atoms with E-state index < -0.39 is 0 Å². The smallest absolute Gasteiger partial charge is 0.254 e. The van der Waals surface area contributed by atoms with Gasteiger partial charge in [-0.05, 0) is 18.2 Å². The summed E-state index contributed by atoms with van der Waals surface area (Å²) < 4.78 is 5.02. The van der Waals surface area contributed by atoms with Gasteiger partial charge in [0.25, 0.3) is 5.91 Å². The molecule has 0 unspecified atom stereocenters. The van der Waals surface area contributed by atoms with E-state index in [0.717, 1.165) is 5.52 Å². The van der Waals surface area contributed by atoms with Crippen molar-refractivity contribution in [1.29, 1.82) is 0 Å². The van der Waals surface area contributed by atoms with E-state index in [1.54, 1.807) is 42.6 Å². The highest BCUT2D eigenvalue weighted by atomic mass is 35.5. The third-order valence-electron chi connectivity index (χ3n) is 2.92. The van der Waals surface area contributed by atoms with Gasteiger partial charge >= 0.3 is 0 Å². The maximum Gasteiger partial charge on any atom is 0.254 e. The highest BCUT2D eigenvalue weighted by Crippen LogP contribution is 2.13. The predicted molar refractivity (Wildman–Crippen MR) is 78.0 cm³/mol. The normalized spacial score (nSPS) is 10.7. The van der Waals surface area contributed by atoms with Gasteiger partial charge in [0, 0.05) is 44.0 Å². The summed E-state index contributed by atoms with van der Waals surface area (Å²) >= 11 is 5.74. The third kappa shape index (κ3) is 3.43. The Morgan fingerprint density at radius 3 is 2.70 bits per heavy atom. The molecule has 0 saturated heterocycles. The van der Waals surface area contributed by atoms with Crippen molar-refractivity contribution in [2.45, 2.75) is 0 Å². The second kappa shape index (κ2) is 7.17. The predicted octanol–water partition coefficient (Wildman–Crippen LogP) is 1.96. The first-order valence-electron chi connectivity index (χ1n) is 6.31. The summed E-state index contributed by atoms with van der Waals surface area (Å²) in [6.45, 7) is 1.48. The lowest BCUT2D eigenvalue weighted by molar-refractivity contribution is 0.0708. The van der Waals surface area contributed by atoms with E-state index in [-0.39, 0.29) is 5.91 Å². The van der Waals surface area contributed by atoms with Gasteiger partial charge in [-0.2, -0.15) is 0 Å². The molecule has 0 spiro atoms. The van der Waals surface area contributed by atoms with Crippen LogP contribution >= 0.6 is 11.6 Å². The quantitative estimate of drug-likeness (QED) is 0.764. The van der Waals surface area contributed by atoms with Crippen molar-refractivity contribution in [3.8, 4) is 0 Å². The molecular weight excluding hydrogens is 278 g/mol. The molecule has 0 radical (unpaired) electrons. The van der Waals surface area contributed by atoms with E-state index in [1.165, 1.54) is 0 Å². The molecule has 0 bridgehead atoms. The van der Waals surface area contributed by atoms with Crippen molar-refractivity contribution >= 4 is 28.5 Å². The summed E-state index contributed by atoms with van der Waals surface area (Å²) in [6, 6.07) is 5.30. The number of hydrogen-bond acceptors (Lipinski definition) is 4. The van der Waals surface area contributed by atoms with Crippen LogP contribution in [0.5, 0.6) is 0 Å². The Morgan fingerprint density at radius 2 is 2.00 bits per heavy atom. The second-order valence-corrected chi connectivity index (χ2v) is 4.61. The Kier molecular flexibility index (Phi) is 5.26. The molecule has 0 aliphatic rings. The fourth-order valence-electron chi connectivity index (χ4n) is 1.90. The second-order valence-electron chi connectivity index (χ2n) is 4.23. The average Bonchev–Trinajstić information content (AvgIpc) is 2.50. The molecule has 0 aliphatic carbocycles. The van der Waals surface area contributed by atoms with Gasteiger partial charge in [0.15, 0.2) is 0 Å². The molecule has 2 rings (SSSR count). The molecule has 0 atom stereocenters. The van der Waals surface area contributed by atoms with Gasteiger partial charge in [-0.1, -0.05) is 0 Å². The standard InChI is InChI=1S/C14H16ClN3O2/c1-20-9-8-18(7-4-15)14(19)11-2-3-12-13(10-11)17-6-5-16-12/h2-3,5-6,10H,4,7-9H2,1H3. The van der Waals surface area contributed by atoms with Crippen LogP contribution in [0.4, 0.5) is 0 Å². The molecule has 2 aromatic rings. The molecule has 1 aromatic carbocycles. The number of halogens is 1. The van der Waals surface area contributed by atoms with E-state index in [4.69, 9.17) is 16.3 Å². The maximum absolute atomic E-state index is 12.4. The first-order valence-corrected chi connectivity index (χ1v) is 6.84. The summed E-state index contributed by atoms with van der Waals surface area (Å²) in [5.74, 6) is 0.318. The van der Waals surface area contributed by atoms with Gasteiger partial charge in [-0.3, -0.25) is 14.8 Å². The molecule has 1 aromatic heterocycles. The Labute approximate surface area is 122 Å². The van der Waals surface area contributed by atoms with Crippen LogP contribution < -0.4 is 0 Å². The minimum absolute atomic E-state index is 0.0738. The van der Waals surface area contributed by atoms with Crippen LogP contribution in [0.3, 0.4) is 0 Å². The van der Waals surface area contributed by atoms with E-state index in [1.807, 2.05) is 0 Å². The van der Waals surface area contributed by atoms with Crippen LogP contribution in [0.1, 0.15) is 10.4 Å². The van der Waals surface area contributed by atoms with Crippen molar-refractivity contribution in [3.05, 3.63) is 36.2 Å². The first-order chi connectivity index (χ1) is 9.76. The average molecular weight is 294 g/mol. The van der Waals surface area contributed by atoms with Crippen LogP contribution in [-0.2, 0) is 4.74 Å². The minimum Gasteiger partial charge on any atom is -0.383 e. The topological polar surface area (TPSA) is 55.3 Å². The summed E-state index contributed by atoms with van der Waals surface area (Å²) in [4.78, 5) is 22.5. The number of aromatic nitrogens is 2. The third-order valence-corrected chi connectivity index (χ3v) is 3.09. The number of carbonyl (C=O) groups excluding carboxylic acids is 1. The molecule has 0 fully saturated rings. The van der Waals surface area contributed by atoms with Gasteiger partial charge in [-0.25, -0.2) is 0 Å². The number of alkyl halides is 1. The zero-order chi connectivity index (χ0) is 14.4. The highest BCUT2D eigenvalue weighted by molar-refractivity contribution is 6.18. The van der Waals surface area contributed by atoms with Crippen molar-refractivity contribution in [1.82, 2.24) is 14.9 Å². The van der Waals surface area contributed by atoms with Gasteiger partial charge < -0.3 is 9.64 Å². The highest BCUT2D eigenvalue weighted by Gasteiger charge is 2.15. The molecule has 0 aliphatic heterocycles. The summed E-state index contributed by atoms with van der Waals surface area (Å²) in [5.41, 5.74) is 2.06. The van der Waals surface area contributed by atoms with Gasteiger partial charge in [0.05, 0.1) is 17.6 Å². The first kappa shape index (κ1) is 14.7. The van der Waals surface area contributed by atoms with Crippen LogP contribution in [0.15, 0.2) is 30.6 Å². The van der Waals surface area contributed by atoms with Crippen LogP contribution in [0.25, 0.3) is 11.0 Å². The lowest BCUT2D eigenvalue weighted by Gasteiger charge is -2.21. The number of carbonyl (C=O) groups is 1. The molecule has 20 heavy (non-hydrogen) atoms. The van der Waals surface area contributed by atoms with Gasteiger partial charge in [0.1, 0.15) is 0 Å². The molecule has 106 valence electrons. The lowest BCUT2D eigenvalue weighted by atomic mass is 10.1. The molecule has 6 heteroatoms. The monoisotopic (exact) mass is 293 g/mol. The number of rotatable bonds is 6. The van der Waals surface area contributed by atoms with Crippen molar-refractivity contribution in [2.24, 2.45) is 0 Å². The van der Waals surface area contributed by atoms with Crippen LogP contribution in [-0.4, -0.2) is 53.5 Å². The number of hydrogen-bond donors (Lipinski definition) is 0. The largest absolute Gasteiger partial charge is 0.383 e. The Morgan fingerprint density at radius 1 is 1.25 bits per heavy atom. The summed E-state index contributed by atoms with van der Waals surface area (Å²) in [7, 11) is 1.61. The van der Waals surface area contributed by atoms with E-state index in [0.29, 0.717) is 36.7 Å². The molecular formula is C14H16ClN3O2. The molecule has 1 heterocycles. The lowest BCUT2D eigenvalue weighted by Crippen LogP contribution is -2.35. The van der Waals surface area contributed by atoms with Gasteiger partial charge in [-0.15, -0.1) is 11.6 Å². The maximum atomic E-state index is 12.4. The number of ether oxygens (including phenoxy) is 1. The van der Waals surface area contributed by atoms with Crippen molar-refractivity contribution in [2.75, 3.05) is 32.7 Å². The zero-order valence-electron chi connectivity index (χ0n) is 11.3. The van der Waals surface area contributed by atoms with Crippen LogP contribution in [0, 0.1) is 0 Å². The summed E-state index contributed by atoms with van der Waals surface area (Å²) in [5, 5.41) is 0.